The average Bonchev–Trinajstić information content (AvgIpc) is 2.33. The van der Waals surface area contributed by atoms with Crippen LogP contribution in [0.3, 0.4) is 0 Å². The van der Waals surface area contributed by atoms with Crippen molar-refractivity contribution in [3.05, 3.63) is 34.9 Å². The van der Waals surface area contributed by atoms with Gasteiger partial charge < -0.3 is 5.32 Å². The molecule has 1 aromatic rings. The quantitative estimate of drug-likeness (QED) is 0.779. The van der Waals surface area contributed by atoms with Crippen molar-refractivity contribution in [2.45, 2.75) is 32.1 Å². The van der Waals surface area contributed by atoms with E-state index in [2.05, 4.69) is 43.4 Å². The third-order valence-electron chi connectivity index (χ3n) is 3.58. The highest BCUT2D eigenvalue weighted by Gasteiger charge is 2.35. The number of hydrogen-bond donors (Lipinski definition) is 1. The summed E-state index contributed by atoms with van der Waals surface area (Å²) in [5, 5.41) is 12.9. The lowest BCUT2D eigenvalue weighted by atomic mass is 9.72. The smallest absolute Gasteiger partial charge is 0.0849 e. The highest BCUT2D eigenvalue weighted by molar-refractivity contribution is 5.41. The van der Waals surface area contributed by atoms with Gasteiger partial charge in [0.1, 0.15) is 0 Å². The van der Waals surface area contributed by atoms with E-state index >= 15 is 0 Å². The van der Waals surface area contributed by atoms with E-state index in [-0.39, 0.29) is 5.41 Å². The van der Waals surface area contributed by atoms with E-state index in [0.29, 0.717) is 0 Å². The van der Waals surface area contributed by atoms with Crippen molar-refractivity contribution >= 4 is 0 Å². The molecule has 0 saturated carbocycles. The Morgan fingerprint density at radius 2 is 1.94 bits per heavy atom. The molecule has 0 aliphatic carbocycles. The monoisotopic (exact) mass is 214 g/mol. The molecule has 1 aliphatic rings. The van der Waals surface area contributed by atoms with Gasteiger partial charge in [0.25, 0.3) is 0 Å². The van der Waals surface area contributed by atoms with Crippen LogP contribution >= 0.6 is 0 Å². The summed E-state index contributed by atoms with van der Waals surface area (Å²) in [5.74, 6) is 0. The Hall–Kier alpha value is -1.33. The zero-order valence-electron chi connectivity index (χ0n) is 10.0. The molecule has 0 amide bonds. The van der Waals surface area contributed by atoms with Gasteiger partial charge in [-0.15, -0.1) is 0 Å². The summed E-state index contributed by atoms with van der Waals surface area (Å²) in [4.78, 5) is 0. The van der Waals surface area contributed by atoms with E-state index in [0.717, 1.165) is 25.9 Å². The van der Waals surface area contributed by atoms with Crippen LogP contribution in [0.5, 0.6) is 0 Å². The van der Waals surface area contributed by atoms with Gasteiger partial charge in [-0.25, -0.2) is 0 Å². The predicted molar refractivity (Wildman–Crippen MR) is 65.3 cm³/mol. The topological polar surface area (TPSA) is 35.8 Å². The Morgan fingerprint density at radius 1 is 1.25 bits per heavy atom. The number of nitrogens with zero attached hydrogens (tertiary/aromatic N) is 1. The molecular weight excluding hydrogens is 196 g/mol. The Labute approximate surface area is 97.3 Å². The molecule has 1 aromatic carbocycles. The average molecular weight is 214 g/mol. The third kappa shape index (κ3) is 1.83. The van der Waals surface area contributed by atoms with Crippen LogP contribution in [0, 0.1) is 25.2 Å². The molecule has 0 bridgehead atoms. The van der Waals surface area contributed by atoms with Crippen molar-refractivity contribution < 1.29 is 0 Å². The van der Waals surface area contributed by atoms with Gasteiger partial charge in [0, 0.05) is 0 Å². The molecule has 1 heterocycles. The summed E-state index contributed by atoms with van der Waals surface area (Å²) < 4.78 is 0. The molecule has 1 aliphatic heterocycles. The maximum absolute atomic E-state index is 9.53. The summed E-state index contributed by atoms with van der Waals surface area (Å²) >= 11 is 0. The molecule has 84 valence electrons. The van der Waals surface area contributed by atoms with Crippen molar-refractivity contribution in [3.8, 4) is 6.07 Å². The van der Waals surface area contributed by atoms with Crippen LogP contribution in [0.2, 0.25) is 0 Å². The lowest BCUT2D eigenvalue weighted by Crippen LogP contribution is -2.39. The normalized spacial score (nSPS) is 19.1. The molecule has 2 nitrogen and oxygen atoms in total. The maximum Gasteiger partial charge on any atom is 0.0849 e. The van der Waals surface area contributed by atoms with E-state index in [4.69, 9.17) is 0 Å². The van der Waals surface area contributed by atoms with Gasteiger partial charge in [-0.1, -0.05) is 23.8 Å². The minimum Gasteiger partial charge on any atom is -0.317 e. The molecular formula is C14H18N2. The van der Waals surface area contributed by atoms with E-state index < -0.39 is 0 Å². The van der Waals surface area contributed by atoms with Gasteiger partial charge in [0.15, 0.2) is 0 Å². The molecule has 1 N–H and O–H groups in total. The van der Waals surface area contributed by atoms with Crippen LogP contribution in [0.1, 0.15) is 29.5 Å². The summed E-state index contributed by atoms with van der Waals surface area (Å²) in [5.41, 5.74) is 3.46. The second-order valence-electron chi connectivity index (χ2n) is 4.76. The minimum absolute atomic E-state index is 0.263. The highest BCUT2D eigenvalue weighted by atomic mass is 14.9. The van der Waals surface area contributed by atoms with Crippen LogP contribution in [0.15, 0.2) is 18.2 Å². The summed E-state index contributed by atoms with van der Waals surface area (Å²) in [6.45, 7) is 6.09. The van der Waals surface area contributed by atoms with Gasteiger partial charge in [-0.2, -0.15) is 5.26 Å². The minimum atomic E-state index is -0.263. The molecule has 16 heavy (non-hydrogen) atoms. The summed E-state index contributed by atoms with van der Waals surface area (Å²) in [7, 11) is 0. The van der Waals surface area contributed by atoms with E-state index in [1.54, 1.807) is 0 Å². The van der Waals surface area contributed by atoms with E-state index in [1.165, 1.54) is 16.7 Å². The number of rotatable bonds is 1. The van der Waals surface area contributed by atoms with Crippen molar-refractivity contribution in [2.75, 3.05) is 13.1 Å². The lowest BCUT2D eigenvalue weighted by Gasteiger charge is -2.33. The Kier molecular flexibility index (Phi) is 2.98. The van der Waals surface area contributed by atoms with Gasteiger partial charge in [-0.05, 0) is 50.9 Å². The first-order chi connectivity index (χ1) is 7.68. The zero-order valence-corrected chi connectivity index (χ0v) is 10.0. The molecule has 0 atom stereocenters. The molecule has 0 radical (unpaired) electrons. The number of benzene rings is 1. The van der Waals surface area contributed by atoms with Crippen LogP contribution in [-0.4, -0.2) is 13.1 Å². The van der Waals surface area contributed by atoms with Crippen LogP contribution in [0.25, 0.3) is 0 Å². The van der Waals surface area contributed by atoms with Crippen molar-refractivity contribution in [3.63, 3.8) is 0 Å². The number of nitriles is 1. The molecule has 0 unspecified atom stereocenters. The van der Waals surface area contributed by atoms with E-state index in [1.807, 2.05) is 0 Å². The molecule has 1 saturated heterocycles. The second kappa shape index (κ2) is 4.27. The second-order valence-corrected chi connectivity index (χ2v) is 4.76. The number of aryl methyl sites for hydroxylation is 2. The predicted octanol–water partition coefficient (Wildman–Crippen LogP) is 2.45. The van der Waals surface area contributed by atoms with Gasteiger partial charge in [0.2, 0.25) is 0 Å². The van der Waals surface area contributed by atoms with Crippen molar-refractivity contribution in [2.24, 2.45) is 0 Å². The first-order valence-electron chi connectivity index (χ1n) is 5.88. The van der Waals surface area contributed by atoms with Crippen LogP contribution < -0.4 is 5.32 Å². The zero-order chi connectivity index (χ0) is 11.6. The SMILES string of the molecule is Cc1ccc(C)c(C2(C#N)CCNCC2)c1. The molecule has 0 spiro atoms. The maximum atomic E-state index is 9.53. The molecule has 2 rings (SSSR count). The van der Waals surface area contributed by atoms with E-state index in [9.17, 15) is 5.26 Å². The number of piperidine rings is 1. The first kappa shape index (κ1) is 11.2. The fraction of sp³-hybridized carbons (Fsp3) is 0.500. The van der Waals surface area contributed by atoms with Crippen LogP contribution in [-0.2, 0) is 5.41 Å². The number of hydrogen-bond acceptors (Lipinski definition) is 2. The highest BCUT2D eigenvalue weighted by Crippen LogP contribution is 2.35. The van der Waals surface area contributed by atoms with Crippen molar-refractivity contribution in [1.82, 2.24) is 5.32 Å². The Bertz CT molecular complexity index is 423. The van der Waals surface area contributed by atoms with Gasteiger partial charge in [0.05, 0.1) is 11.5 Å². The molecule has 1 fully saturated rings. The standard InChI is InChI=1S/C14H18N2/c1-11-3-4-12(2)13(9-11)14(10-15)5-7-16-8-6-14/h3-4,9,16H,5-8H2,1-2H3. The largest absolute Gasteiger partial charge is 0.317 e. The van der Waals surface area contributed by atoms with Gasteiger partial charge >= 0.3 is 0 Å². The molecule has 0 aromatic heterocycles. The summed E-state index contributed by atoms with van der Waals surface area (Å²) in [6.07, 6.45) is 1.85. The number of nitrogens with one attached hydrogen (secondary N) is 1. The Balaban J connectivity index is 2.47. The lowest BCUT2D eigenvalue weighted by molar-refractivity contribution is 0.381. The van der Waals surface area contributed by atoms with Crippen LogP contribution in [0.4, 0.5) is 0 Å². The first-order valence-corrected chi connectivity index (χ1v) is 5.88. The Morgan fingerprint density at radius 3 is 2.56 bits per heavy atom. The summed E-state index contributed by atoms with van der Waals surface area (Å²) in [6, 6.07) is 8.99. The fourth-order valence-corrected chi connectivity index (χ4v) is 2.55. The fourth-order valence-electron chi connectivity index (χ4n) is 2.55. The van der Waals surface area contributed by atoms with Crippen molar-refractivity contribution in [1.29, 1.82) is 5.26 Å². The third-order valence-corrected chi connectivity index (χ3v) is 3.58. The molecule has 2 heteroatoms. The van der Waals surface area contributed by atoms with Gasteiger partial charge in [-0.3, -0.25) is 0 Å².